The predicted molar refractivity (Wildman–Crippen MR) is 129 cm³/mol. The molecule has 1 aliphatic heterocycles. The van der Waals surface area contributed by atoms with E-state index in [1.807, 2.05) is 24.3 Å². The molecular formula is C25H18N2O5S. The molecule has 1 amide bonds. The molecule has 7 nitrogen and oxygen atoms in total. The SMILES string of the molecule is O=C(NC(=S)Nc1ccc(-c2cc3ccccc3oc2=O)cc1)c1ccc2c(c1)OCCO2. The Morgan fingerprint density at radius 1 is 0.879 bits per heavy atom. The third-order valence-corrected chi connectivity index (χ3v) is 5.33. The number of anilines is 1. The van der Waals surface area contributed by atoms with Gasteiger partial charge in [-0.3, -0.25) is 10.1 Å². The van der Waals surface area contributed by atoms with Crippen LogP contribution in [0.5, 0.6) is 11.5 Å². The molecule has 0 atom stereocenters. The minimum absolute atomic E-state index is 0.146. The van der Waals surface area contributed by atoms with Gasteiger partial charge in [0.1, 0.15) is 18.8 Å². The standard InChI is InChI=1S/C25H18N2O5S/c28-23(17-7-10-21-22(14-17)31-12-11-30-21)27-25(33)26-18-8-5-15(6-9-18)19-13-16-3-1-2-4-20(16)32-24(19)29/h1-10,13-14H,11-12H2,(H2,26,27,28,33). The van der Waals surface area contributed by atoms with Crippen LogP contribution in [-0.4, -0.2) is 24.2 Å². The maximum Gasteiger partial charge on any atom is 0.344 e. The van der Waals surface area contributed by atoms with E-state index in [1.165, 1.54) is 0 Å². The van der Waals surface area contributed by atoms with E-state index >= 15 is 0 Å². The van der Waals surface area contributed by atoms with Crippen LogP contribution in [0.2, 0.25) is 0 Å². The number of hydrogen-bond acceptors (Lipinski definition) is 6. The summed E-state index contributed by atoms with van der Waals surface area (Å²) in [5.74, 6) is 0.774. The summed E-state index contributed by atoms with van der Waals surface area (Å²) in [6, 6.07) is 21.2. The van der Waals surface area contributed by atoms with Gasteiger partial charge in [-0.25, -0.2) is 4.79 Å². The number of benzene rings is 3. The average Bonchev–Trinajstić information content (AvgIpc) is 2.84. The van der Waals surface area contributed by atoms with Crippen molar-refractivity contribution in [2.45, 2.75) is 0 Å². The van der Waals surface area contributed by atoms with E-state index in [4.69, 9.17) is 26.1 Å². The van der Waals surface area contributed by atoms with Crippen molar-refractivity contribution in [2.75, 3.05) is 18.5 Å². The number of nitrogens with one attached hydrogen (secondary N) is 2. The monoisotopic (exact) mass is 458 g/mol. The van der Waals surface area contributed by atoms with Gasteiger partial charge in [-0.1, -0.05) is 30.3 Å². The normalized spacial score (nSPS) is 12.2. The van der Waals surface area contributed by atoms with E-state index in [1.54, 1.807) is 48.5 Å². The number of para-hydroxylation sites is 1. The fourth-order valence-corrected chi connectivity index (χ4v) is 3.73. The van der Waals surface area contributed by atoms with Crippen LogP contribution < -0.4 is 25.7 Å². The molecule has 0 aliphatic carbocycles. The minimum Gasteiger partial charge on any atom is -0.486 e. The molecule has 164 valence electrons. The summed E-state index contributed by atoms with van der Waals surface area (Å²) >= 11 is 5.27. The van der Waals surface area contributed by atoms with Crippen LogP contribution in [0.3, 0.4) is 0 Å². The Morgan fingerprint density at radius 2 is 1.64 bits per heavy atom. The molecule has 33 heavy (non-hydrogen) atoms. The van der Waals surface area contributed by atoms with E-state index in [2.05, 4.69) is 10.6 Å². The van der Waals surface area contributed by atoms with Crippen molar-refractivity contribution < 1.29 is 18.7 Å². The number of carbonyl (C=O) groups excluding carboxylic acids is 1. The van der Waals surface area contributed by atoms with E-state index in [9.17, 15) is 9.59 Å². The predicted octanol–water partition coefficient (Wildman–Crippen LogP) is 4.36. The molecule has 2 N–H and O–H groups in total. The highest BCUT2D eigenvalue weighted by Crippen LogP contribution is 2.30. The Balaban J connectivity index is 1.27. The Labute approximate surface area is 193 Å². The van der Waals surface area contributed by atoms with Gasteiger partial charge in [-0.2, -0.15) is 0 Å². The topological polar surface area (TPSA) is 89.8 Å². The number of carbonyl (C=O) groups is 1. The zero-order valence-electron chi connectivity index (χ0n) is 17.3. The largest absolute Gasteiger partial charge is 0.486 e. The number of amides is 1. The number of fused-ring (bicyclic) bond motifs is 2. The number of hydrogen-bond donors (Lipinski definition) is 2. The summed E-state index contributed by atoms with van der Waals surface area (Å²) in [7, 11) is 0. The zero-order chi connectivity index (χ0) is 22.8. The Morgan fingerprint density at radius 3 is 2.45 bits per heavy atom. The first-order valence-electron chi connectivity index (χ1n) is 10.2. The van der Waals surface area contributed by atoms with Crippen LogP contribution in [0.25, 0.3) is 22.1 Å². The Kier molecular flexibility index (Phi) is 5.50. The summed E-state index contributed by atoms with van der Waals surface area (Å²) < 4.78 is 16.4. The molecule has 0 unspecified atom stereocenters. The molecule has 8 heteroatoms. The van der Waals surface area contributed by atoms with Crippen molar-refractivity contribution >= 4 is 39.9 Å². The van der Waals surface area contributed by atoms with Gasteiger partial charge >= 0.3 is 5.63 Å². The highest BCUT2D eigenvalue weighted by molar-refractivity contribution is 7.80. The second-order valence-corrected chi connectivity index (χ2v) is 7.74. The van der Waals surface area contributed by atoms with Crippen molar-refractivity contribution in [1.82, 2.24) is 5.32 Å². The molecule has 5 rings (SSSR count). The van der Waals surface area contributed by atoms with Crippen LogP contribution in [0.15, 0.2) is 82.0 Å². The summed E-state index contributed by atoms with van der Waals surface area (Å²) in [4.78, 5) is 24.9. The molecule has 3 aromatic carbocycles. The van der Waals surface area contributed by atoms with E-state index in [-0.39, 0.29) is 11.0 Å². The lowest BCUT2D eigenvalue weighted by Crippen LogP contribution is -2.34. The smallest absolute Gasteiger partial charge is 0.344 e. The van der Waals surface area contributed by atoms with E-state index in [0.29, 0.717) is 52.7 Å². The van der Waals surface area contributed by atoms with Gasteiger partial charge in [0.25, 0.3) is 5.91 Å². The lowest BCUT2D eigenvalue weighted by atomic mass is 10.1. The van der Waals surface area contributed by atoms with Crippen LogP contribution in [0, 0.1) is 0 Å². The van der Waals surface area contributed by atoms with Gasteiger partial charge in [0.05, 0.1) is 5.56 Å². The summed E-state index contributed by atoms with van der Waals surface area (Å²) in [6.45, 7) is 0.923. The molecular weight excluding hydrogens is 440 g/mol. The first kappa shape index (κ1) is 20.7. The maximum absolute atomic E-state index is 12.5. The molecule has 0 fully saturated rings. The van der Waals surface area contributed by atoms with Crippen molar-refractivity contribution in [3.63, 3.8) is 0 Å². The minimum atomic E-state index is -0.406. The van der Waals surface area contributed by atoms with Crippen LogP contribution >= 0.6 is 12.2 Å². The molecule has 2 heterocycles. The number of rotatable bonds is 3. The van der Waals surface area contributed by atoms with Crippen molar-refractivity contribution in [1.29, 1.82) is 0 Å². The molecule has 1 aliphatic rings. The van der Waals surface area contributed by atoms with E-state index in [0.717, 1.165) is 5.39 Å². The molecule has 1 aromatic heterocycles. The molecule has 0 radical (unpaired) electrons. The van der Waals surface area contributed by atoms with Gasteiger partial charge in [0, 0.05) is 16.6 Å². The van der Waals surface area contributed by atoms with Gasteiger partial charge in [-0.05, 0) is 60.2 Å². The molecule has 0 bridgehead atoms. The van der Waals surface area contributed by atoms with Gasteiger partial charge in [-0.15, -0.1) is 0 Å². The third-order valence-electron chi connectivity index (χ3n) is 5.13. The quantitative estimate of drug-likeness (QED) is 0.348. The fourth-order valence-electron chi connectivity index (χ4n) is 3.52. The third kappa shape index (κ3) is 4.42. The van der Waals surface area contributed by atoms with Crippen LogP contribution in [0.1, 0.15) is 10.4 Å². The molecule has 4 aromatic rings. The lowest BCUT2D eigenvalue weighted by Gasteiger charge is -2.18. The highest BCUT2D eigenvalue weighted by Gasteiger charge is 2.16. The van der Waals surface area contributed by atoms with Crippen LogP contribution in [0.4, 0.5) is 5.69 Å². The fraction of sp³-hybridized carbons (Fsp3) is 0.0800. The second kappa shape index (κ2) is 8.76. The molecule has 0 saturated heterocycles. The molecule has 0 saturated carbocycles. The summed E-state index contributed by atoms with van der Waals surface area (Å²) in [5.41, 5.74) is 2.39. The van der Waals surface area contributed by atoms with Crippen molar-refractivity contribution in [3.8, 4) is 22.6 Å². The van der Waals surface area contributed by atoms with Crippen molar-refractivity contribution in [3.05, 3.63) is 88.8 Å². The first-order chi connectivity index (χ1) is 16.1. The van der Waals surface area contributed by atoms with Gasteiger partial charge in [0.2, 0.25) is 0 Å². The zero-order valence-corrected chi connectivity index (χ0v) is 18.1. The molecule has 0 spiro atoms. The first-order valence-corrected chi connectivity index (χ1v) is 10.6. The highest BCUT2D eigenvalue weighted by atomic mass is 32.1. The Bertz CT molecular complexity index is 1430. The summed E-state index contributed by atoms with van der Waals surface area (Å²) in [5, 5.41) is 6.61. The lowest BCUT2D eigenvalue weighted by molar-refractivity contribution is 0.0976. The maximum atomic E-state index is 12.5. The van der Waals surface area contributed by atoms with Crippen molar-refractivity contribution in [2.24, 2.45) is 0 Å². The Hall–Kier alpha value is -4.17. The van der Waals surface area contributed by atoms with E-state index < -0.39 is 5.63 Å². The average molecular weight is 458 g/mol. The second-order valence-electron chi connectivity index (χ2n) is 7.33. The van der Waals surface area contributed by atoms with Gasteiger partial charge < -0.3 is 19.2 Å². The van der Waals surface area contributed by atoms with Gasteiger partial charge in [0.15, 0.2) is 16.6 Å². The summed E-state index contributed by atoms with van der Waals surface area (Å²) in [6.07, 6.45) is 0. The number of ether oxygens (including phenoxy) is 2. The number of thiocarbonyl (C=S) groups is 1. The van der Waals surface area contributed by atoms with Crippen LogP contribution in [-0.2, 0) is 0 Å².